The molecule has 11 heteroatoms. The number of carbonyl (C=O) groups is 1. The summed E-state index contributed by atoms with van der Waals surface area (Å²) in [6.07, 6.45) is 10.5. The van der Waals surface area contributed by atoms with Crippen molar-refractivity contribution in [2.45, 2.75) is 44.4 Å². The summed E-state index contributed by atoms with van der Waals surface area (Å²) >= 11 is 0. The molecule has 1 amide bonds. The molecule has 3 aromatic heterocycles. The molecule has 1 aromatic carbocycles. The van der Waals surface area contributed by atoms with Crippen LogP contribution < -0.4 is 5.73 Å². The minimum atomic E-state index is -0.847. The van der Waals surface area contributed by atoms with Crippen molar-refractivity contribution in [3.63, 3.8) is 0 Å². The summed E-state index contributed by atoms with van der Waals surface area (Å²) in [6, 6.07) is 7.05. The number of benzene rings is 1. The molecule has 4 heterocycles. The number of anilines is 1. The second-order valence-corrected chi connectivity index (χ2v) is 9.91. The van der Waals surface area contributed by atoms with Gasteiger partial charge in [-0.15, -0.1) is 0 Å². The molecule has 6 rings (SSSR count). The molecule has 2 fully saturated rings. The zero-order valence-corrected chi connectivity index (χ0v) is 20.3. The van der Waals surface area contributed by atoms with Crippen LogP contribution in [0.2, 0.25) is 0 Å². The van der Waals surface area contributed by atoms with E-state index in [1.165, 1.54) is 4.90 Å². The number of para-hydroxylation sites is 1. The van der Waals surface area contributed by atoms with Crippen molar-refractivity contribution in [2.75, 3.05) is 18.8 Å². The SMILES string of the molecule is Nc1nc2nc(-c3ccccc3O)cn2cc1-c1cnn(CC2CC(OC3CCN(C(=O)O)CC3)C2)c1. The van der Waals surface area contributed by atoms with E-state index in [1.807, 2.05) is 35.4 Å². The number of aromatic nitrogens is 5. The molecule has 4 N–H and O–H groups in total. The van der Waals surface area contributed by atoms with Crippen LogP contribution in [0.15, 0.2) is 49.1 Å². The van der Waals surface area contributed by atoms with Crippen molar-refractivity contribution in [3.05, 3.63) is 49.1 Å². The number of phenolic OH excluding ortho intramolecular Hbond substituents is 1. The number of carboxylic acid groups (broad SMARTS) is 1. The second kappa shape index (κ2) is 9.40. The minimum absolute atomic E-state index is 0.151. The van der Waals surface area contributed by atoms with E-state index in [-0.39, 0.29) is 18.0 Å². The average molecular weight is 504 g/mol. The predicted octanol–water partition coefficient (Wildman–Crippen LogP) is 3.49. The van der Waals surface area contributed by atoms with Gasteiger partial charge in [-0.25, -0.2) is 9.78 Å². The Balaban J connectivity index is 1.08. The Labute approximate surface area is 213 Å². The normalized spacial score (nSPS) is 20.3. The zero-order valence-electron chi connectivity index (χ0n) is 20.3. The van der Waals surface area contributed by atoms with Crippen LogP contribution in [-0.4, -0.2) is 70.7 Å². The third-order valence-electron chi connectivity index (χ3n) is 7.34. The first-order valence-corrected chi connectivity index (χ1v) is 12.5. The molecular formula is C26H29N7O4. The highest BCUT2D eigenvalue weighted by Gasteiger charge is 2.33. The fraction of sp³-hybridized carbons (Fsp3) is 0.385. The molecule has 2 aliphatic rings. The summed E-state index contributed by atoms with van der Waals surface area (Å²) in [5.74, 6) is 1.48. The molecule has 1 saturated heterocycles. The lowest BCUT2D eigenvalue weighted by molar-refractivity contribution is -0.0944. The molecule has 1 saturated carbocycles. The number of nitrogens with zero attached hydrogens (tertiary/aromatic N) is 6. The molecule has 0 atom stereocenters. The van der Waals surface area contributed by atoms with E-state index in [1.54, 1.807) is 22.7 Å². The number of amides is 1. The number of ether oxygens (including phenoxy) is 1. The average Bonchev–Trinajstić information content (AvgIpc) is 3.49. The molecule has 192 valence electrons. The summed E-state index contributed by atoms with van der Waals surface area (Å²) in [4.78, 5) is 21.5. The third-order valence-corrected chi connectivity index (χ3v) is 7.34. The Morgan fingerprint density at radius 1 is 1.05 bits per heavy atom. The molecule has 11 nitrogen and oxygen atoms in total. The second-order valence-electron chi connectivity index (χ2n) is 9.91. The van der Waals surface area contributed by atoms with Crippen LogP contribution in [0.1, 0.15) is 25.7 Å². The summed E-state index contributed by atoms with van der Waals surface area (Å²) in [5.41, 5.74) is 9.17. The number of hydrogen-bond acceptors (Lipinski definition) is 7. The fourth-order valence-electron chi connectivity index (χ4n) is 5.23. The van der Waals surface area contributed by atoms with E-state index in [0.717, 1.165) is 43.4 Å². The Morgan fingerprint density at radius 2 is 1.84 bits per heavy atom. The number of likely N-dealkylation sites (tertiary alicyclic amines) is 1. The van der Waals surface area contributed by atoms with Gasteiger partial charge in [-0.1, -0.05) is 12.1 Å². The maximum absolute atomic E-state index is 11.1. The number of nitrogen functional groups attached to an aromatic ring is 1. The third kappa shape index (κ3) is 4.69. The lowest BCUT2D eigenvalue weighted by Crippen LogP contribution is -2.43. The highest BCUT2D eigenvalue weighted by molar-refractivity contribution is 5.75. The van der Waals surface area contributed by atoms with Gasteiger partial charge in [0.05, 0.1) is 24.1 Å². The molecule has 37 heavy (non-hydrogen) atoms. The Morgan fingerprint density at radius 3 is 2.59 bits per heavy atom. The number of nitrogens with two attached hydrogens (primary N) is 1. The number of aromatic hydroxyl groups is 1. The zero-order chi connectivity index (χ0) is 25.5. The van der Waals surface area contributed by atoms with Gasteiger partial charge in [0.1, 0.15) is 11.6 Å². The highest BCUT2D eigenvalue weighted by Crippen LogP contribution is 2.34. The fourth-order valence-corrected chi connectivity index (χ4v) is 5.23. The van der Waals surface area contributed by atoms with Crippen molar-refractivity contribution in [2.24, 2.45) is 5.92 Å². The molecule has 0 radical (unpaired) electrons. The number of fused-ring (bicyclic) bond motifs is 1. The first-order valence-electron chi connectivity index (χ1n) is 12.5. The van der Waals surface area contributed by atoms with Gasteiger partial charge in [0.25, 0.3) is 0 Å². The van der Waals surface area contributed by atoms with Gasteiger partial charge >= 0.3 is 6.09 Å². The van der Waals surface area contributed by atoms with Crippen LogP contribution in [0.5, 0.6) is 5.75 Å². The monoisotopic (exact) mass is 503 g/mol. The summed E-state index contributed by atoms with van der Waals surface area (Å²) in [7, 11) is 0. The topological polar surface area (TPSA) is 144 Å². The summed E-state index contributed by atoms with van der Waals surface area (Å²) in [5, 5.41) is 23.8. The van der Waals surface area contributed by atoms with Gasteiger partial charge in [0.15, 0.2) is 0 Å². The number of phenols is 1. The van der Waals surface area contributed by atoms with E-state index >= 15 is 0 Å². The van der Waals surface area contributed by atoms with Crippen LogP contribution in [0.3, 0.4) is 0 Å². The van der Waals surface area contributed by atoms with E-state index < -0.39 is 6.09 Å². The van der Waals surface area contributed by atoms with E-state index in [4.69, 9.17) is 15.6 Å². The Kier molecular flexibility index (Phi) is 5.91. The standard InChI is InChI=1S/C26H29N7O4/c27-24-21(14-32-15-22(29-25(32)30-24)20-3-1-2-4-23(20)34)17-11-28-33(13-17)12-16-9-19(10-16)37-18-5-7-31(8-6-18)26(35)36/h1-4,11,13-16,18-19,34H,5-10,12H2,(H,35,36)(H2,27,29,30). The molecule has 4 aromatic rings. The Bertz CT molecular complexity index is 1430. The van der Waals surface area contributed by atoms with Crippen LogP contribution in [0.25, 0.3) is 28.2 Å². The lowest BCUT2D eigenvalue weighted by Gasteiger charge is -2.39. The molecule has 0 spiro atoms. The van der Waals surface area contributed by atoms with Crippen LogP contribution in [0, 0.1) is 5.92 Å². The number of piperidine rings is 1. The van der Waals surface area contributed by atoms with Gasteiger partial charge in [-0.3, -0.25) is 9.08 Å². The first-order chi connectivity index (χ1) is 17.9. The highest BCUT2D eigenvalue weighted by atomic mass is 16.5. The Hall–Kier alpha value is -4.12. The van der Waals surface area contributed by atoms with E-state index in [2.05, 4.69) is 15.1 Å². The molecule has 1 aliphatic carbocycles. The minimum Gasteiger partial charge on any atom is -0.507 e. The van der Waals surface area contributed by atoms with Gasteiger partial charge < -0.3 is 25.6 Å². The quantitative estimate of drug-likeness (QED) is 0.363. The van der Waals surface area contributed by atoms with E-state index in [0.29, 0.717) is 41.9 Å². The van der Waals surface area contributed by atoms with Crippen LogP contribution >= 0.6 is 0 Å². The van der Waals surface area contributed by atoms with Crippen molar-refractivity contribution >= 4 is 17.7 Å². The van der Waals surface area contributed by atoms with Crippen LogP contribution in [0.4, 0.5) is 10.6 Å². The number of hydrogen-bond donors (Lipinski definition) is 3. The molecule has 0 unspecified atom stereocenters. The van der Waals surface area contributed by atoms with Crippen molar-refractivity contribution in [1.82, 2.24) is 29.0 Å². The van der Waals surface area contributed by atoms with Crippen molar-refractivity contribution < 1.29 is 19.7 Å². The number of imidazole rings is 1. The largest absolute Gasteiger partial charge is 0.507 e. The van der Waals surface area contributed by atoms with Gasteiger partial charge in [0, 0.05) is 54.9 Å². The maximum Gasteiger partial charge on any atom is 0.407 e. The molecular weight excluding hydrogens is 474 g/mol. The van der Waals surface area contributed by atoms with E-state index in [9.17, 15) is 9.90 Å². The van der Waals surface area contributed by atoms with Gasteiger partial charge in [0.2, 0.25) is 5.78 Å². The predicted molar refractivity (Wildman–Crippen MR) is 136 cm³/mol. The van der Waals surface area contributed by atoms with Crippen LogP contribution in [-0.2, 0) is 11.3 Å². The smallest absolute Gasteiger partial charge is 0.407 e. The number of rotatable bonds is 6. The van der Waals surface area contributed by atoms with Crippen molar-refractivity contribution in [3.8, 4) is 28.1 Å². The van der Waals surface area contributed by atoms with Gasteiger partial charge in [-0.05, 0) is 43.7 Å². The summed E-state index contributed by atoms with van der Waals surface area (Å²) < 4.78 is 9.94. The van der Waals surface area contributed by atoms with Gasteiger partial charge in [-0.2, -0.15) is 10.1 Å². The molecule has 1 aliphatic heterocycles. The maximum atomic E-state index is 11.1. The van der Waals surface area contributed by atoms with Crippen molar-refractivity contribution in [1.29, 1.82) is 0 Å². The molecule has 0 bridgehead atoms. The lowest BCUT2D eigenvalue weighted by atomic mass is 9.82. The first kappa shape index (κ1) is 23.3. The summed E-state index contributed by atoms with van der Waals surface area (Å²) in [6.45, 7) is 1.89.